The Hall–Kier alpha value is -1.84. The molecule has 22 heavy (non-hydrogen) atoms. The van der Waals surface area contributed by atoms with Gasteiger partial charge in [0.1, 0.15) is 11.5 Å². The van der Waals surface area contributed by atoms with Gasteiger partial charge in [-0.2, -0.15) is 5.10 Å². The number of nitrogens with zero attached hydrogens (tertiary/aromatic N) is 3. The van der Waals surface area contributed by atoms with Gasteiger partial charge in [-0.1, -0.05) is 28.1 Å². The molecule has 3 N–H and O–H groups in total. The number of aromatic nitrogens is 2. The smallest absolute Gasteiger partial charge is 0.254 e. The summed E-state index contributed by atoms with van der Waals surface area (Å²) in [5, 5.41) is 14.5. The molecule has 0 aliphatic heterocycles. The van der Waals surface area contributed by atoms with Crippen molar-refractivity contribution in [1.82, 2.24) is 9.78 Å². The Balaban J connectivity index is 2.03. The summed E-state index contributed by atoms with van der Waals surface area (Å²) >= 11 is 3.40. The molecule has 1 aliphatic rings. The van der Waals surface area contributed by atoms with E-state index in [9.17, 15) is 5.11 Å². The van der Waals surface area contributed by atoms with Crippen LogP contribution >= 0.6 is 15.9 Å². The second-order valence-electron chi connectivity index (χ2n) is 5.62. The topological polar surface area (TPSA) is 68.4 Å². The molecule has 1 heterocycles. The maximum atomic E-state index is 9.87. The molecular formula is C16H17BrN4O. The Labute approximate surface area is 137 Å². The number of anilines is 1. The zero-order valence-electron chi connectivity index (χ0n) is 12.0. The normalized spacial score (nSPS) is 21.5. The molecule has 114 valence electrons. The lowest BCUT2D eigenvalue weighted by Gasteiger charge is -2.27. The average molecular weight is 361 g/mol. The lowest BCUT2D eigenvalue weighted by molar-refractivity contribution is 0.101. The van der Waals surface area contributed by atoms with Crippen LogP contribution < -0.4 is 5.73 Å². The van der Waals surface area contributed by atoms with E-state index < -0.39 is 0 Å². The number of nitrogens with two attached hydrogens (primary N) is 1. The van der Waals surface area contributed by atoms with Gasteiger partial charge in [0.2, 0.25) is 0 Å². The van der Waals surface area contributed by atoms with Crippen LogP contribution in [0.4, 0.5) is 11.5 Å². The summed E-state index contributed by atoms with van der Waals surface area (Å²) in [7, 11) is 0. The highest BCUT2D eigenvalue weighted by atomic mass is 79.9. The Morgan fingerprint density at radius 3 is 2.68 bits per heavy atom. The third kappa shape index (κ3) is 2.74. The summed E-state index contributed by atoms with van der Waals surface area (Å²) in [4.78, 5) is 3.57. The van der Waals surface area contributed by atoms with Gasteiger partial charge in [-0.25, -0.2) is 4.85 Å². The van der Waals surface area contributed by atoms with Gasteiger partial charge in [0.25, 0.3) is 5.69 Å². The number of aliphatic hydroxyl groups excluding tert-OH is 1. The van der Waals surface area contributed by atoms with E-state index in [1.54, 1.807) is 4.68 Å². The third-order valence-electron chi connectivity index (χ3n) is 4.12. The average Bonchev–Trinajstić information content (AvgIpc) is 2.85. The molecule has 1 aromatic carbocycles. The first-order valence-corrected chi connectivity index (χ1v) is 8.09. The van der Waals surface area contributed by atoms with Gasteiger partial charge in [0.15, 0.2) is 0 Å². The molecule has 1 aromatic heterocycles. The summed E-state index contributed by atoms with van der Waals surface area (Å²) in [5.41, 5.74) is 8.03. The maximum absolute atomic E-state index is 9.87. The highest BCUT2D eigenvalue weighted by molar-refractivity contribution is 9.10. The molecule has 0 saturated heterocycles. The van der Waals surface area contributed by atoms with Gasteiger partial charge in [-0.05, 0) is 43.4 Å². The highest BCUT2D eigenvalue weighted by Crippen LogP contribution is 2.39. The monoisotopic (exact) mass is 360 g/mol. The van der Waals surface area contributed by atoms with Crippen molar-refractivity contribution in [1.29, 1.82) is 0 Å². The molecule has 6 heteroatoms. The number of aliphatic hydroxyl groups is 1. The summed E-state index contributed by atoms with van der Waals surface area (Å²) in [5.74, 6) is 0.395. The zero-order valence-corrected chi connectivity index (χ0v) is 13.6. The van der Waals surface area contributed by atoms with Crippen molar-refractivity contribution in [3.63, 3.8) is 0 Å². The van der Waals surface area contributed by atoms with E-state index in [1.165, 1.54) is 0 Å². The predicted octanol–water partition coefficient (Wildman–Crippen LogP) is 3.92. The molecular weight excluding hydrogens is 344 g/mol. The predicted molar refractivity (Wildman–Crippen MR) is 89.5 cm³/mol. The SMILES string of the molecule is [C-]#[N+]c1c(-c2ccc(Br)cc2)nn(C2CCCC(O)C2)c1N. The summed E-state index contributed by atoms with van der Waals surface area (Å²) in [6, 6.07) is 7.74. The van der Waals surface area contributed by atoms with Crippen LogP contribution in [0, 0.1) is 6.57 Å². The summed E-state index contributed by atoms with van der Waals surface area (Å²) in [6.07, 6.45) is 3.04. The van der Waals surface area contributed by atoms with Gasteiger partial charge in [0, 0.05) is 4.47 Å². The van der Waals surface area contributed by atoms with Gasteiger partial charge in [0.05, 0.1) is 18.7 Å². The Bertz CT molecular complexity index is 717. The molecule has 0 amide bonds. The Morgan fingerprint density at radius 1 is 1.32 bits per heavy atom. The molecule has 0 spiro atoms. The van der Waals surface area contributed by atoms with Crippen molar-refractivity contribution in [2.45, 2.75) is 37.8 Å². The largest absolute Gasteiger partial charge is 0.393 e. The van der Waals surface area contributed by atoms with Crippen LogP contribution in [-0.4, -0.2) is 21.0 Å². The van der Waals surface area contributed by atoms with Crippen LogP contribution in [0.15, 0.2) is 28.7 Å². The van der Waals surface area contributed by atoms with Crippen LogP contribution in [0.3, 0.4) is 0 Å². The van der Waals surface area contributed by atoms with Crippen molar-refractivity contribution in [2.75, 3.05) is 5.73 Å². The third-order valence-corrected chi connectivity index (χ3v) is 4.64. The van der Waals surface area contributed by atoms with Gasteiger partial charge in [-0.3, -0.25) is 4.68 Å². The zero-order chi connectivity index (χ0) is 15.7. The van der Waals surface area contributed by atoms with E-state index in [4.69, 9.17) is 12.3 Å². The fraction of sp³-hybridized carbons (Fsp3) is 0.375. The minimum absolute atomic E-state index is 0.0634. The van der Waals surface area contributed by atoms with Crippen molar-refractivity contribution in [3.05, 3.63) is 40.2 Å². The van der Waals surface area contributed by atoms with Crippen LogP contribution in [0.25, 0.3) is 16.1 Å². The van der Waals surface area contributed by atoms with E-state index >= 15 is 0 Å². The standard InChI is InChI=1S/C16H17BrN4O/c1-19-15-14(10-5-7-11(17)8-6-10)20-21(16(15)18)12-3-2-4-13(22)9-12/h5-8,12-13,22H,2-4,9,18H2. The number of rotatable bonds is 2. The fourth-order valence-electron chi connectivity index (χ4n) is 2.99. The number of hydrogen-bond donors (Lipinski definition) is 2. The van der Waals surface area contributed by atoms with Crippen LogP contribution in [0.5, 0.6) is 0 Å². The Morgan fingerprint density at radius 2 is 2.05 bits per heavy atom. The first-order valence-electron chi connectivity index (χ1n) is 7.29. The van der Waals surface area contributed by atoms with Crippen LogP contribution in [-0.2, 0) is 0 Å². The summed E-state index contributed by atoms with van der Waals surface area (Å²) in [6.45, 7) is 7.42. The second-order valence-corrected chi connectivity index (χ2v) is 6.54. The van der Waals surface area contributed by atoms with Gasteiger partial charge < -0.3 is 10.8 Å². The quantitative estimate of drug-likeness (QED) is 0.797. The van der Waals surface area contributed by atoms with Crippen molar-refractivity contribution < 1.29 is 5.11 Å². The second kappa shape index (κ2) is 6.11. The van der Waals surface area contributed by atoms with E-state index in [-0.39, 0.29) is 12.1 Å². The van der Waals surface area contributed by atoms with E-state index in [0.29, 0.717) is 23.6 Å². The lowest BCUT2D eigenvalue weighted by Crippen LogP contribution is -2.24. The maximum Gasteiger partial charge on any atom is 0.254 e. The number of halogens is 1. The molecule has 2 aromatic rings. The molecule has 2 atom stereocenters. The molecule has 1 aliphatic carbocycles. The number of nitrogen functional groups attached to an aromatic ring is 1. The molecule has 0 radical (unpaired) electrons. The molecule has 1 saturated carbocycles. The first kappa shape index (κ1) is 15.1. The van der Waals surface area contributed by atoms with Gasteiger partial charge in [-0.15, -0.1) is 0 Å². The molecule has 1 fully saturated rings. The first-order chi connectivity index (χ1) is 10.6. The molecule has 3 rings (SSSR count). The van der Waals surface area contributed by atoms with E-state index in [2.05, 4.69) is 25.9 Å². The summed E-state index contributed by atoms with van der Waals surface area (Å²) < 4.78 is 2.70. The highest BCUT2D eigenvalue weighted by Gasteiger charge is 2.26. The molecule has 2 unspecified atom stereocenters. The minimum atomic E-state index is -0.310. The molecule has 5 nitrogen and oxygen atoms in total. The van der Waals surface area contributed by atoms with Crippen molar-refractivity contribution >= 4 is 27.4 Å². The molecule has 0 bridgehead atoms. The van der Waals surface area contributed by atoms with E-state index in [0.717, 1.165) is 29.3 Å². The number of benzene rings is 1. The number of hydrogen-bond acceptors (Lipinski definition) is 3. The van der Waals surface area contributed by atoms with Crippen LogP contribution in [0.1, 0.15) is 31.7 Å². The van der Waals surface area contributed by atoms with E-state index in [1.807, 2.05) is 24.3 Å². The Kier molecular flexibility index (Phi) is 4.19. The lowest BCUT2D eigenvalue weighted by atomic mass is 9.93. The van der Waals surface area contributed by atoms with Gasteiger partial charge >= 0.3 is 0 Å². The van der Waals surface area contributed by atoms with Crippen LogP contribution in [0.2, 0.25) is 0 Å². The van der Waals surface area contributed by atoms with Crippen molar-refractivity contribution in [3.8, 4) is 11.3 Å². The van der Waals surface area contributed by atoms with Crippen molar-refractivity contribution in [2.24, 2.45) is 0 Å². The minimum Gasteiger partial charge on any atom is -0.393 e. The fourth-order valence-corrected chi connectivity index (χ4v) is 3.25.